The van der Waals surface area contributed by atoms with Gasteiger partial charge >= 0.3 is 0 Å². The van der Waals surface area contributed by atoms with E-state index in [9.17, 15) is 0 Å². The van der Waals surface area contributed by atoms with Crippen LogP contribution in [0.15, 0.2) is 23.8 Å². The zero-order chi connectivity index (χ0) is 12.5. The minimum absolute atomic E-state index is 0.287. The first-order valence-corrected chi connectivity index (χ1v) is 6.78. The third kappa shape index (κ3) is 2.80. The van der Waals surface area contributed by atoms with Gasteiger partial charge in [0.2, 0.25) is 0 Å². The monoisotopic (exact) mass is 234 g/mol. The lowest BCUT2D eigenvalue weighted by Crippen LogP contribution is -2.56. The molecule has 0 amide bonds. The Morgan fingerprint density at radius 3 is 2.35 bits per heavy atom. The largest absolute Gasteiger partial charge is 0.304 e. The summed E-state index contributed by atoms with van der Waals surface area (Å²) in [5.74, 6) is 0.662. The molecule has 1 fully saturated rings. The average molecular weight is 234 g/mol. The number of allylic oxidation sites excluding steroid dienone is 3. The molecule has 0 aromatic carbocycles. The Hall–Kier alpha value is -0.600. The van der Waals surface area contributed by atoms with Crippen LogP contribution in [0.2, 0.25) is 0 Å². The van der Waals surface area contributed by atoms with E-state index < -0.39 is 0 Å². The highest BCUT2D eigenvalue weighted by atomic mass is 15.3. The van der Waals surface area contributed by atoms with Gasteiger partial charge in [0.05, 0.1) is 0 Å². The van der Waals surface area contributed by atoms with Crippen molar-refractivity contribution in [2.24, 2.45) is 5.92 Å². The molecule has 17 heavy (non-hydrogen) atoms. The fourth-order valence-corrected chi connectivity index (χ4v) is 2.87. The summed E-state index contributed by atoms with van der Waals surface area (Å²) in [5, 5.41) is 0. The van der Waals surface area contributed by atoms with Crippen molar-refractivity contribution in [2.75, 3.05) is 33.2 Å². The van der Waals surface area contributed by atoms with Crippen LogP contribution in [0.25, 0.3) is 0 Å². The summed E-state index contributed by atoms with van der Waals surface area (Å²) in [6.07, 6.45) is 8.27. The lowest BCUT2D eigenvalue weighted by Gasteiger charge is -2.47. The molecule has 1 heterocycles. The Balaban J connectivity index is 2.01. The highest BCUT2D eigenvalue weighted by molar-refractivity contribution is 5.23. The Labute approximate surface area is 106 Å². The van der Waals surface area contributed by atoms with E-state index in [1.807, 2.05) is 0 Å². The Morgan fingerprint density at radius 2 is 1.82 bits per heavy atom. The molecule has 1 unspecified atom stereocenters. The first-order chi connectivity index (χ1) is 8.00. The lowest BCUT2D eigenvalue weighted by molar-refractivity contribution is 0.0362. The van der Waals surface area contributed by atoms with Crippen molar-refractivity contribution < 1.29 is 0 Å². The third-order valence-electron chi connectivity index (χ3n) is 4.51. The van der Waals surface area contributed by atoms with Crippen molar-refractivity contribution in [1.82, 2.24) is 9.80 Å². The first-order valence-electron chi connectivity index (χ1n) is 6.78. The van der Waals surface area contributed by atoms with E-state index in [0.29, 0.717) is 5.92 Å². The molecule has 1 aliphatic heterocycles. The van der Waals surface area contributed by atoms with Crippen molar-refractivity contribution in [3.63, 3.8) is 0 Å². The predicted octanol–water partition coefficient (Wildman–Crippen LogP) is 2.53. The number of piperazine rings is 1. The van der Waals surface area contributed by atoms with Gasteiger partial charge < -0.3 is 4.90 Å². The fraction of sp³-hybridized carbons (Fsp3) is 0.733. The Kier molecular flexibility index (Phi) is 3.74. The molecule has 0 radical (unpaired) electrons. The molecule has 0 aromatic heterocycles. The molecular weight excluding hydrogens is 208 g/mol. The number of nitrogens with zero attached hydrogens (tertiary/aromatic N) is 2. The smallest absolute Gasteiger partial charge is 0.0219 e. The van der Waals surface area contributed by atoms with Gasteiger partial charge in [-0.05, 0) is 40.2 Å². The SMILES string of the molecule is CC1=CCC(C(C)(C)N2CCN(C)CC2)C=C1. The molecule has 2 heteroatoms. The predicted molar refractivity (Wildman–Crippen MR) is 74.2 cm³/mol. The van der Waals surface area contributed by atoms with Crippen LogP contribution in [0.3, 0.4) is 0 Å². The van der Waals surface area contributed by atoms with Gasteiger partial charge in [-0.2, -0.15) is 0 Å². The van der Waals surface area contributed by atoms with Crippen LogP contribution in [-0.2, 0) is 0 Å². The zero-order valence-corrected chi connectivity index (χ0v) is 11.7. The van der Waals surface area contributed by atoms with Crippen molar-refractivity contribution in [1.29, 1.82) is 0 Å². The van der Waals surface area contributed by atoms with Crippen LogP contribution in [0.1, 0.15) is 27.2 Å². The molecular formula is C15H26N2. The van der Waals surface area contributed by atoms with E-state index in [1.165, 1.54) is 38.2 Å². The minimum atomic E-state index is 0.287. The second kappa shape index (κ2) is 4.95. The quantitative estimate of drug-likeness (QED) is 0.724. The van der Waals surface area contributed by atoms with Crippen LogP contribution in [-0.4, -0.2) is 48.6 Å². The first kappa shape index (κ1) is 12.8. The molecule has 0 bridgehead atoms. The number of likely N-dealkylation sites (N-methyl/N-ethyl adjacent to an activating group) is 1. The number of hydrogen-bond acceptors (Lipinski definition) is 2. The van der Waals surface area contributed by atoms with Gasteiger partial charge in [0.15, 0.2) is 0 Å². The van der Waals surface area contributed by atoms with Crippen LogP contribution in [0.4, 0.5) is 0 Å². The van der Waals surface area contributed by atoms with Gasteiger partial charge in [0.1, 0.15) is 0 Å². The summed E-state index contributed by atoms with van der Waals surface area (Å²) in [6.45, 7) is 11.8. The number of rotatable bonds is 2. The van der Waals surface area contributed by atoms with E-state index in [1.54, 1.807) is 0 Å². The summed E-state index contributed by atoms with van der Waals surface area (Å²) in [5.41, 5.74) is 1.70. The van der Waals surface area contributed by atoms with Crippen molar-refractivity contribution in [3.8, 4) is 0 Å². The average Bonchev–Trinajstić information content (AvgIpc) is 2.30. The van der Waals surface area contributed by atoms with Gasteiger partial charge in [0, 0.05) is 31.7 Å². The summed E-state index contributed by atoms with van der Waals surface area (Å²) in [6, 6.07) is 0. The normalized spacial score (nSPS) is 28.2. The molecule has 0 spiro atoms. The Bertz CT molecular complexity index is 320. The van der Waals surface area contributed by atoms with Gasteiger partial charge in [0.25, 0.3) is 0 Å². The van der Waals surface area contributed by atoms with E-state index in [-0.39, 0.29) is 5.54 Å². The van der Waals surface area contributed by atoms with E-state index in [4.69, 9.17) is 0 Å². The zero-order valence-electron chi connectivity index (χ0n) is 11.7. The highest BCUT2D eigenvalue weighted by Crippen LogP contribution is 2.32. The van der Waals surface area contributed by atoms with Gasteiger partial charge in [-0.3, -0.25) is 4.90 Å². The van der Waals surface area contributed by atoms with Crippen LogP contribution in [0.5, 0.6) is 0 Å². The maximum atomic E-state index is 2.66. The maximum absolute atomic E-state index is 2.66. The highest BCUT2D eigenvalue weighted by Gasteiger charge is 2.35. The van der Waals surface area contributed by atoms with Crippen molar-refractivity contribution >= 4 is 0 Å². The summed E-state index contributed by atoms with van der Waals surface area (Å²) in [4.78, 5) is 5.09. The van der Waals surface area contributed by atoms with Crippen LogP contribution < -0.4 is 0 Å². The summed E-state index contributed by atoms with van der Waals surface area (Å²) < 4.78 is 0. The molecule has 1 aliphatic carbocycles. The molecule has 2 nitrogen and oxygen atoms in total. The van der Waals surface area contributed by atoms with E-state index in [0.717, 1.165) is 0 Å². The topological polar surface area (TPSA) is 6.48 Å². The fourth-order valence-electron chi connectivity index (χ4n) is 2.87. The molecule has 96 valence electrons. The van der Waals surface area contributed by atoms with Crippen molar-refractivity contribution in [2.45, 2.75) is 32.7 Å². The minimum Gasteiger partial charge on any atom is -0.304 e. The molecule has 2 aliphatic rings. The van der Waals surface area contributed by atoms with E-state index in [2.05, 4.69) is 55.8 Å². The molecule has 0 N–H and O–H groups in total. The maximum Gasteiger partial charge on any atom is 0.0219 e. The van der Waals surface area contributed by atoms with Crippen LogP contribution >= 0.6 is 0 Å². The van der Waals surface area contributed by atoms with Gasteiger partial charge in [-0.1, -0.05) is 23.8 Å². The molecule has 1 atom stereocenters. The number of hydrogen-bond donors (Lipinski definition) is 0. The molecule has 2 rings (SSSR count). The van der Waals surface area contributed by atoms with Gasteiger partial charge in [-0.25, -0.2) is 0 Å². The molecule has 0 aromatic rings. The second-order valence-corrected chi connectivity index (χ2v) is 6.09. The van der Waals surface area contributed by atoms with Crippen molar-refractivity contribution in [3.05, 3.63) is 23.8 Å². The van der Waals surface area contributed by atoms with Gasteiger partial charge in [-0.15, -0.1) is 0 Å². The molecule has 0 saturated carbocycles. The third-order valence-corrected chi connectivity index (χ3v) is 4.51. The summed E-state index contributed by atoms with van der Waals surface area (Å²) in [7, 11) is 2.22. The Morgan fingerprint density at radius 1 is 1.18 bits per heavy atom. The van der Waals surface area contributed by atoms with E-state index >= 15 is 0 Å². The second-order valence-electron chi connectivity index (χ2n) is 6.09. The standard InChI is InChI=1S/C15H26N2/c1-13-5-7-14(8-6-13)15(2,3)17-11-9-16(4)10-12-17/h5-7,14H,8-12H2,1-4H3. The summed E-state index contributed by atoms with van der Waals surface area (Å²) >= 11 is 0. The van der Waals surface area contributed by atoms with Crippen LogP contribution in [0, 0.1) is 5.92 Å². The molecule has 1 saturated heterocycles. The lowest BCUT2D eigenvalue weighted by atomic mass is 9.80.